The van der Waals surface area contributed by atoms with E-state index in [1.54, 1.807) is 30.5 Å². The molecule has 1 N–H and O–H groups in total. The highest BCUT2D eigenvalue weighted by Crippen LogP contribution is 2.37. The number of aromatic nitrogens is 1. The molecule has 0 bridgehead atoms. The number of benzene rings is 3. The Balaban J connectivity index is 1.35. The molecule has 0 spiro atoms. The number of ether oxygens (including phenoxy) is 4. The lowest BCUT2D eigenvalue weighted by Gasteiger charge is -2.20. The third-order valence-corrected chi connectivity index (χ3v) is 7.01. The highest BCUT2D eigenvalue weighted by molar-refractivity contribution is 6.32. The number of hydrogen-bond acceptors (Lipinski definition) is 7. The zero-order valence-electron chi connectivity index (χ0n) is 22.6. The first-order valence-electron chi connectivity index (χ1n) is 13.2. The summed E-state index contributed by atoms with van der Waals surface area (Å²) in [6.45, 7) is 3.75. The highest BCUT2D eigenvalue weighted by atomic mass is 35.5. The van der Waals surface area contributed by atoms with Crippen molar-refractivity contribution >= 4 is 11.6 Å². The molecule has 0 amide bonds. The van der Waals surface area contributed by atoms with Gasteiger partial charge in [0.15, 0.2) is 11.5 Å². The van der Waals surface area contributed by atoms with Crippen LogP contribution in [0.2, 0.25) is 5.02 Å². The van der Waals surface area contributed by atoms with Crippen LogP contribution < -0.4 is 24.3 Å². The number of halogens is 2. The van der Waals surface area contributed by atoms with Crippen LogP contribution in [0.25, 0.3) is 11.1 Å². The van der Waals surface area contributed by atoms with E-state index in [0.717, 1.165) is 44.9 Å². The molecule has 210 valence electrons. The van der Waals surface area contributed by atoms with Crippen molar-refractivity contribution in [2.24, 2.45) is 0 Å². The van der Waals surface area contributed by atoms with Gasteiger partial charge >= 0.3 is 0 Å². The fraction of sp³-hybridized carbons (Fsp3) is 0.250. The topological polar surface area (TPSA) is 85.6 Å². The van der Waals surface area contributed by atoms with Crippen LogP contribution in [0.15, 0.2) is 66.9 Å². The van der Waals surface area contributed by atoms with Gasteiger partial charge in [0.05, 0.1) is 5.02 Å². The van der Waals surface area contributed by atoms with Crippen LogP contribution in [-0.4, -0.2) is 31.4 Å². The summed E-state index contributed by atoms with van der Waals surface area (Å²) >= 11 is 6.62. The van der Waals surface area contributed by atoms with E-state index in [9.17, 15) is 4.39 Å². The van der Waals surface area contributed by atoms with Gasteiger partial charge in [-0.1, -0.05) is 35.9 Å². The normalized spacial score (nSPS) is 12.0. The van der Waals surface area contributed by atoms with E-state index in [1.807, 2.05) is 36.4 Å². The molecule has 3 aromatic carbocycles. The van der Waals surface area contributed by atoms with Crippen LogP contribution in [0.5, 0.6) is 23.0 Å². The standard InChI is InChI=1S/C32H29ClFN3O4/c1-21-24(3-2-4-27(21)23-5-6-29-32(15-23)39-12-11-38-29)20-41-31-16-30(25(14-28(31)33)18-36-10-8-34)40-19-22-7-9-37-26(13-22)17-35/h2-7,9,13-16,36H,8,10-12,18-20H2,1H3. The van der Waals surface area contributed by atoms with Gasteiger partial charge in [-0.15, -0.1) is 0 Å². The second-order valence-corrected chi connectivity index (χ2v) is 9.85. The smallest absolute Gasteiger partial charge is 0.161 e. The van der Waals surface area contributed by atoms with Gasteiger partial charge in [-0.25, -0.2) is 9.37 Å². The van der Waals surface area contributed by atoms with Gasteiger partial charge in [0.2, 0.25) is 0 Å². The molecule has 2 heterocycles. The van der Waals surface area contributed by atoms with Gasteiger partial charge in [0, 0.05) is 30.9 Å². The number of nitrogens with one attached hydrogen (secondary N) is 1. The second kappa shape index (κ2) is 13.4. The molecular formula is C32H29ClFN3O4. The fourth-order valence-corrected chi connectivity index (χ4v) is 4.80. The Kier molecular flexibility index (Phi) is 9.19. The maximum absolute atomic E-state index is 12.7. The largest absolute Gasteiger partial charge is 0.488 e. The van der Waals surface area contributed by atoms with Crippen molar-refractivity contribution in [3.8, 4) is 40.2 Å². The number of fused-ring (bicyclic) bond motifs is 1. The lowest BCUT2D eigenvalue weighted by atomic mass is 9.96. The summed E-state index contributed by atoms with van der Waals surface area (Å²) in [6, 6.07) is 21.1. The van der Waals surface area contributed by atoms with E-state index >= 15 is 0 Å². The molecule has 9 heteroatoms. The van der Waals surface area contributed by atoms with E-state index in [2.05, 4.69) is 23.3 Å². The maximum atomic E-state index is 12.7. The predicted octanol–water partition coefficient (Wildman–Crippen LogP) is 6.57. The lowest BCUT2D eigenvalue weighted by Crippen LogP contribution is -2.17. The minimum absolute atomic E-state index is 0.212. The van der Waals surface area contributed by atoms with Crippen molar-refractivity contribution in [1.29, 1.82) is 5.26 Å². The van der Waals surface area contributed by atoms with Crippen molar-refractivity contribution < 1.29 is 23.3 Å². The third-order valence-electron chi connectivity index (χ3n) is 6.72. The number of rotatable bonds is 11. The lowest BCUT2D eigenvalue weighted by molar-refractivity contribution is 0.171. The second-order valence-electron chi connectivity index (χ2n) is 9.44. The number of alkyl halides is 1. The van der Waals surface area contributed by atoms with Crippen LogP contribution in [0.3, 0.4) is 0 Å². The van der Waals surface area contributed by atoms with Gasteiger partial charge in [-0.3, -0.25) is 0 Å². The molecule has 7 nitrogen and oxygen atoms in total. The Bertz CT molecular complexity index is 1570. The van der Waals surface area contributed by atoms with Crippen molar-refractivity contribution in [3.63, 3.8) is 0 Å². The molecule has 0 aliphatic carbocycles. The predicted molar refractivity (Wildman–Crippen MR) is 154 cm³/mol. The van der Waals surface area contributed by atoms with Crippen LogP contribution in [0.1, 0.15) is 27.9 Å². The maximum Gasteiger partial charge on any atom is 0.161 e. The number of nitrogens with zero attached hydrogens (tertiary/aromatic N) is 2. The molecule has 0 atom stereocenters. The number of nitriles is 1. The minimum Gasteiger partial charge on any atom is -0.488 e. The van der Waals surface area contributed by atoms with E-state index < -0.39 is 6.67 Å². The average Bonchev–Trinajstić information content (AvgIpc) is 3.00. The molecule has 0 fully saturated rings. The van der Waals surface area contributed by atoms with E-state index in [4.69, 9.17) is 35.8 Å². The highest BCUT2D eigenvalue weighted by Gasteiger charge is 2.16. The van der Waals surface area contributed by atoms with Gasteiger partial charge in [-0.2, -0.15) is 5.26 Å². The van der Waals surface area contributed by atoms with Gasteiger partial charge in [-0.05, 0) is 65.1 Å². The first kappa shape index (κ1) is 28.2. The molecule has 0 radical (unpaired) electrons. The Hall–Kier alpha value is -4.32. The molecule has 4 aromatic rings. The Morgan fingerprint density at radius 1 is 0.976 bits per heavy atom. The SMILES string of the molecule is Cc1c(COc2cc(OCc3ccnc(C#N)c3)c(CNCCF)cc2Cl)cccc1-c1ccc2c(c1)OCCO2. The minimum atomic E-state index is -0.482. The Morgan fingerprint density at radius 2 is 1.80 bits per heavy atom. The molecule has 0 saturated carbocycles. The molecular weight excluding hydrogens is 545 g/mol. The molecule has 1 aliphatic heterocycles. The first-order chi connectivity index (χ1) is 20.1. The Labute approximate surface area is 243 Å². The Morgan fingerprint density at radius 3 is 2.63 bits per heavy atom. The van der Waals surface area contributed by atoms with Gasteiger partial charge in [0.1, 0.15) is 56.4 Å². The van der Waals surface area contributed by atoms with Gasteiger partial charge in [0.25, 0.3) is 0 Å². The number of hydrogen-bond donors (Lipinski definition) is 1. The molecule has 0 unspecified atom stereocenters. The molecule has 1 aliphatic rings. The molecule has 0 saturated heterocycles. The van der Waals surface area contributed by atoms with Gasteiger partial charge < -0.3 is 24.3 Å². The molecule has 5 rings (SSSR count). The van der Waals surface area contributed by atoms with Crippen molar-refractivity contribution in [2.75, 3.05) is 26.4 Å². The first-order valence-corrected chi connectivity index (χ1v) is 13.6. The summed E-state index contributed by atoms with van der Waals surface area (Å²) in [4.78, 5) is 4.00. The van der Waals surface area contributed by atoms with Crippen molar-refractivity contribution in [1.82, 2.24) is 10.3 Å². The summed E-state index contributed by atoms with van der Waals surface area (Å²) in [6.07, 6.45) is 1.57. The fourth-order valence-electron chi connectivity index (χ4n) is 4.55. The van der Waals surface area contributed by atoms with Crippen LogP contribution >= 0.6 is 11.6 Å². The van der Waals surface area contributed by atoms with E-state index in [1.165, 1.54) is 0 Å². The van der Waals surface area contributed by atoms with Crippen molar-refractivity contribution in [2.45, 2.75) is 26.7 Å². The summed E-state index contributed by atoms with van der Waals surface area (Å²) in [5.41, 5.74) is 6.06. The van der Waals surface area contributed by atoms with Crippen molar-refractivity contribution in [3.05, 3.63) is 99.8 Å². The molecule has 41 heavy (non-hydrogen) atoms. The average molecular weight is 574 g/mol. The van der Waals surface area contributed by atoms with E-state index in [0.29, 0.717) is 48.6 Å². The number of pyridine rings is 1. The zero-order valence-corrected chi connectivity index (χ0v) is 23.3. The summed E-state index contributed by atoms with van der Waals surface area (Å²) in [7, 11) is 0. The summed E-state index contributed by atoms with van der Waals surface area (Å²) in [5, 5.41) is 12.6. The van der Waals surface area contributed by atoms with Crippen LogP contribution in [0.4, 0.5) is 4.39 Å². The quantitative estimate of drug-likeness (QED) is 0.203. The third kappa shape index (κ3) is 6.88. The van der Waals surface area contributed by atoms with E-state index in [-0.39, 0.29) is 13.2 Å². The summed E-state index contributed by atoms with van der Waals surface area (Å²) in [5.74, 6) is 2.51. The van der Waals surface area contributed by atoms with Crippen LogP contribution in [0, 0.1) is 18.3 Å². The zero-order chi connectivity index (χ0) is 28.6. The summed E-state index contributed by atoms with van der Waals surface area (Å²) < 4.78 is 36.5. The monoisotopic (exact) mass is 573 g/mol. The van der Waals surface area contributed by atoms with Crippen LogP contribution in [-0.2, 0) is 19.8 Å². The molecule has 1 aromatic heterocycles.